The Morgan fingerprint density at radius 1 is 1.26 bits per heavy atom. The first-order valence-electron chi connectivity index (χ1n) is 7.47. The van der Waals surface area contributed by atoms with E-state index in [0.717, 1.165) is 29.7 Å². The van der Waals surface area contributed by atoms with Crippen LogP contribution in [0.1, 0.15) is 28.3 Å². The molecule has 1 fully saturated rings. The number of halogens is 2. The molecule has 23 heavy (non-hydrogen) atoms. The van der Waals surface area contributed by atoms with Crippen molar-refractivity contribution in [2.24, 2.45) is 0 Å². The fourth-order valence-electron chi connectivity index (χ4n) is 2.93. The summed E-state index contributed by atoms with van der Waals surface area (Å²) in [7, 11) is 1.66. The highest BCUT2D eigenvalue weighted by Gasteiger charge is 2.28. The van der Waals surface area contributed by atoms with Crippen molar-refractivity contribution in [2.75, 3.05) is 20.2 Å². The zero-order valence-electron chi connectivity index (χ0n) is 12.8. The molecular formula is C18H17BrClNO2. The Labute approximate surface area is 149 Å². The third kappa shape index (κ3) is 3.54. The summed E-state index contributed by atoms with van der Waals surface area (Å²) in [5, 5.41) is 0.484. The molecule has 1 aliphatic rings. The van der Waals surface area contributed by atoms with Crippen LogP contribution in [0.4, 0.5) is 0 Å². The van der Waals surface area contributed by atoms with Crippen LogP contribution in [0.3, 0.4) is 0 Å². The topological polar surface area (TPSA) is 29.5 Å². The molecule has 5 heteroatoms. The predicted molar refractivity (Wildman–Crippen MR) is 95.4 cm³/mol. The minimum Gasteiger partial charge on any atom is -0.497 e. The van der Waals surface area contributed by atoms with Gasteiger partial charge in [-0.3, -0.25) is 4.79 Å². The summed E-state index contributed by atoms with van der Waals surface area (Å²) in [6.07, 6.45) is 0.964. The van der Waals surface area contributed by atoms with Gasteiger partial charge in [0, 0.05) is 23.5 Å². The second-order valence-corrected chi connectivity index (χ2v) is 6.96. The second kappa shape index (κ2) is 6.93. The Bertz CT molecular complexity index is 717. The molecule has 0 aromatic heterocycles. The lowest BCUT2D eigenvalue weighted by molar-refractivity contribution is 0.0791. The summed E-state index contributed by atoms with van der Waals surface area (Å²) in [6, 6.07) is 13.4. The molecule has 1 aliphatic heterocycles. The standard InChI is InChI=1S/C18H17BrClNO2/c1-23-15-5-2-12(3-6-15)13-8-9-21(11-13)18(22)16-7-4-14(19)10-17(16)20/h2-7,10,13H,8-9,11H2,1H3. The van der Waals surface area contributed by atoms with Crippen LogP contribution in [0.15, 0.2) is 46.9 Å². The van der Waals surface area contributed by atoms with E-state index in [1.165, 1.54) is 5.56 Å². The number of hydrogen-bond acceptors (Lipinski definition) is 2. The number of carbonyl (C=O) groups excluding carboxylic acids is 1. The third-order valence-electron chi connectivity index (χ3n) is 4.22. The van der Waals surface area contributed by atoms with Crippen molar-refractivity contribution >= 4 is 33.4 Å². The predicted octanol–water partition coefficient (Wildman–Crippen LogP) is 4.74. The van der Waals surface area contributed by atoms with E-state index in [2.05, 4.69) is 28.1 Å². The Balaban J connectivity index is 1.72. The van der Waals surface area contributed by atoms with Crippen molar-refractivity contribution in [2.45, 2.75) is 12.3 Å². The zero-order chi connectivity index (χ0) is 16.4. The number of rotatable bonds is 3. The van der Waals surface area contributed by atoms with Gasteiger partial charge in [-0.25, -0.2) is 0 Å². The highest BCUT2D eigenvalue weighted by molar-refractivity contribution is 9.10. The summed E-state index contributed by atoms with van der Waals surface area (Å²) >= 11 is 9.56. The lowest BCUT2D eigenvalue weighted by Crippen LogP contribution is -2.28. The SMILES string of the molecule is COc1ccc(C2CCN(C(=O)c3ccc(Br)cc3Cl)C2)cc1. The van der Waals surface area contributed by atoms with Crippen LogP contribution in [0.25, 0.3) is 0 Å². The Morgan fingerprint density at radius 3 is 2.65 bits per heavy atom. The van der Waals surface area contributed by atoms with E-state index in [0.29, 0.717) is 16.5 Å². The normalized spacial score (nSPS) is 17.3. The molecule has 3 rings (SSSR count). The van der Waals surface area contributed by atoms with Crippen LogP contribution in [0.2, 0.25) is 5.02 Å². The molecule has 3 nitrogen and oxygen atoms in total. The van der Waals surface area contributed by atoms with E-state index in [1.54, 1.807) is 19.2 Å². The number of benzene rings is 2. The Kier molecular flexibility index (Phi) is 4.93. The average molecular weight is 395 g/mol. The lowest BCUT2D eigenvalue weighted by Gasteiger charge is -2.18. The molecule has 1 atom stereocenters. The molecule has 0 aliphatic carbocycles. The molecule has 2 aromatic rings. The molecule has 0 radical (unpaired) electrons. The molecule has 1 heterocycles. The van der Waals surface area contributed by atoms with E-state index in [-0.39, 0.29) is 5.91 Å². The van der Waals surface area contributed by atoms with Gasteiger partial charge in [-0.1, -0.05) is 39.7 Å². The Morgan fingerprint density at radius 2 is 2.00 bits per heavy atom. The van der Waals surface area contributed by atoms with Crippen molar-refractivity contribution in [3.8, 4) is 5.75 Å². The molecule has 0 spiro atoms. The van der Waals surface area contributed by atoms with Crippen LogP contribution in [0.5, 0.6) is 5.75 Å². The number of carbonyl (C=O) groups is 1. The summed E-state index contributed by atoms with van der Waals surface area (Å²) in [5.74, 6) is 1.21. The van der Waals surface area contributed by atoms with Crippen LogP contribution in [-0.2, 0) is 0 Å². The minimum atomic E-state index is -0.00138. The maximum Gasteiger partial charge on any atom is 0.255 e. The second-order valence-electron chi connectivity index (χ2n) is 5.63. The van der Waals surface area contributed by atoms with E-state index < -0.39 is 0 Å². The summed E-state index contributed by atoms with van der Waals surface area (Å²) < 4.78 is 6.06. The van der Waals surface area contributed by atoms with Gasteiger partial charge in [-0.05, 0) is 42.3 Å². The highest BCUT2D eigenvalue weighted by Crippen LogP contribution is 2.31. The number of methoxy groups -OCH3 is 1. The van der Waals surface area contributed by atoms with Crippen LogP contribution in [0, 0.1) is 0 Å². The van der Waals surface area contributed by atoms with Gasteiger partial charge in [-0.2, -0.15) is 0 Å². The fraction of sp³-hybridized carbons (Fsp3) is 0.278. The highest BCUT2D eigenvalue weighted by atomic mass is 79.9. The van der Waals surface area contributed by atoms with Gasteiger partial charge in [0.2, 0.25) is 0 Å². The molecule has 120 valence electrons. The first kappa shape index (κ1) is 16.3. The molecular weight excluding hydrogens is 378 g/mol. The van der Waals surface area contributed by atoms with Crippen LogP contribution in [-0.4, -0.2) is 31.0 Å². The molecule has 2 aromatic carbocycles. The number of hydrogen-bond donors (Lipinski definition) is 0. The van der Waals surface area contributed by atoms with Gasteiger partial charge in [0.05, 0.1) is 17.7 Å². The first-order chi connectivity index (χ1) is 11.1. The maximum atomic E-state index is 12.7. The summed E-state index contributed by atoms with van der Waals surface area (Å²) in [5.41, 5.74) is 1.80. The van der Waals surface area contributed by atoms with Gasteiger partial charge >= 0.3 is 0 Å². The molecule has 0 saturated carbocycles. The third-order valence-corrected chi connectivity index (χ3v) is 5.03. The average Bonchev–Trinajstić information content (AvgIpc) is 3.04. The summed E-state index contributed by atoms with van der Waals surface area (Å²) in [6.45, 7) is 1.47. The van der Waals surface area contributed by atoms with Crippen molar-refractivity contribution in [1.82, 2.24) is 4.90 Å². The van der Waals surface area contributed by atoms with Crippen molar-refractivity contribution in [3.05, 3.63) is 63.1 Å². The van der Waals surface area contributed by atoms with Gasteiger partial charge in [0.15, 0.2) is 0 Å². The van der Waals surface area contributed by atoms with Gasteiger partial charge in [0.25, 0.3) is 5.91 Å². The van der Waals surface area contributed by atoms with Gasteiger partial charge < -0.3 is 9.64 Å². The molecule has 1 amide bonds. The van der Waals surface area contributed by atoms with Gasteiger partial charge in [0.1, 0.15) is 5.75 Å². The molecule has 0 N–H and O–H groups in total. The maximum absolute atomic E-state index is 12.7. The number of ether oxygens (including phenoxy) is 1. The fourth-order valence-corrected chi connectivity index (χ4v) is 3.68. The summed E-state index contributed by atoms with van der Waals surface area (Å²) in [4.78, 5) is 14.5. The molecule has 0 bridgehead atoms. The van der Waals surface area contributed by atoms with Crippen LogP contribution >= 0.6 is 27.5 Å². The largest absolute Gasteiger partial charge is 0.497 e. The number of amides is 1. The van der Waals surface area contributed by atoms with E-state index in [4.69, 9.17) is 16.3 Å². The number of nitrogens with zero attached hydrogens (tertiary/aromatic N) is 1. The minimum absolute atomic E-state index is 0.00138. The zero-order valence-corrected chi connectivity index (χ0v) is 15.1. The lowest BCUT2D eigenvalue weighted by atomic mass is 9.98. The molecule has 1 saturated heterocycles. The Hall–Kier alpha value is -1.52. The van der Waals surface area contributed by atoms with Gasteiger partial charge in [-0.15, -0.1) is 0 Å². The quantitative estimate of drug-likeness (QED) is 0.752. The van der Waals surface area contributed by atoms with Crippen molar-refractivity contribution in [1.29, 1.82) is 0 Å². The van der Waals surface area contributed by atoms with Crippen molar-refractivity contribution < 1.29 is 9.53 Å². The van der Waals surface area contributed by atoms with Crippen molar-refractivity contribution in [3.63, 3.8) is 0 Å². The van der Waals surface area contributed by atoms with E-state index in [9.17, 15) is 4.79 Å². The first-order valence-corrected chi connectivity index (χ1v) is 8.64. The van der Waals surface area contributed by atoms with E-state index in [1.807, 2.05) is 23.1 Å². The smallest absolute Gasteiger partial charge is 0.255 e. The van der Waals surface area contributed by atoms with E-state index >= 15 is 0 Å². The monoisotopic (exact) mass is 393 g/mol. The number of likely N-dealkylation sites (tertiary alicyclic amines) is 1. The van der Waals surface area contributed by atoms with Crippen LogP contribution < -0.4 is 4.74 Å². The molecule has 1 unspecified atom stereocenters.